The van der Waals surface area contributed by atoms with Crippen LogP contribution in [0.15, 0.2) is 30.5 Å². The molecule has 0 saturated heterocycles. The van der Waals surface area contributed by atoms with Gasteiger partial charge in [0, 0.05) is 30.5 Å². The van der Waals surface area contributed by atoms with Gasteiger partial charge in [-0.2, -0.15) is 5.10 Å². The number of benzene rings is 1. The summed E-state index contributed by atoms with van der Waals surface area (Å²) in [6.45, 7) is 3.10. The molecule has 0 fully saturated rings. The Labute approximate surface area is 122 Å². The lowest BCUT2D eigenvalue weighted by Crippen LogP contribution is -2.24. The first-order valence-corrected chi connectivity index (χ1v) is 6.78. The highest BCUT2D eigenvalue weighted by molar-refractivity contribution is 6.31. The zero-order valence-corrected chi connectivity index (χ0v) is 12.2. The number of carbonyl (C=O) groups is 1. The largest absolute Gasteiger partial charge is 0.385 e. The van der Waals surface area contributed by atoms with E-state index < -0.39 is 0 Å². The van der Waals surface area contributed by atoms with Crippen molar-refractivity contribution in [3.8, 4) is 0 Å². The summed E-state index contributed by atoms with van der Waals surface area (Å²) < 4.78 is 1.70. The number of hydrogen-bond donors (Lipinski definition) is 2. The van der Waals surface area contributed by atoms with Gasteiger partial charge >= 0.3 is 0 Å². The predicted molar refractivity (Wildman–Crippen MR) is 80.0 cm³/mol. The number of nitrogens with one attached hydrogen (secondary N) is 2. The second kappa shape index (κ2) is 6.43. The molecule has 2 rings (SSSR count). The lowest BCUT2D eigenvalue weighted by atomic mass is 10.1. The number of halogens is 1. The van der Waals surface area contributed by atoms with E-state index >= 15 is 0 Å². The average molecular weight is 293 g/mol. The van der Waals surface area contributed by atoms with Gasteiger partial charge in [-0.15, -0.1) is 0 Å². The second-order valence-electron chi connectivity index (χ2n) is 4.38. The lowest BCUT2D eigenvalue weighted by Gasteiger charge is -2.11. The molecule has 0 bridgehead atoms. The van der Waals surface area contributed by atoms with Crippen molar-refractivity contribution in [3.05, 3.63) is 46.7 Å². The van der Waals surface area contributed by atoms with Crippen LogP contribution in [-0.2, 0) is 13.6 Å². The first-order valence-electron chi connectivity index (χ1n) is 6.40. The molecule has 2 aromatic rings. The molecule has 2 N–H and O–H groups in total. The number of carbonyl (C=O) groups excluding carboxylic acids is 1. The summed E-state index contributed by atoms with van der Waals surface area (Å²) >= 11 is 5.96. The van der Waals surface area contributed by atoms with Crippen LogP contribution >= 0.6 is 11.6 Å². The number of hydrogen-bond acceptors (Lipinski definition) is 3. The van der Waals surface area contributed by atoms with Crippen LogP contribution in [0.4, 0.5) is 5.69 Å². The van der Waals surface area contributed by atoms with E-state index in [1.807, 2.05) is 32.3 Å². The third-order valence-electron chi connectivity index (χ3n) is 2.79. The fourth-order valence-corrected chi connectivity index (χ4v) is 2.04. The zero-order valence-electron chi connectivity index (χ0n) is 11.5. The van der Waals surface area contributed by atoms with Gasteiger partial charge in [0.15, 0.2) is 0 Å². The summed E-state index contributed by atoms with van der Waals surface area (Å²) in [6.07, 6.45) is 1.84. The van der Waals surface area contributed by atoms with Crippen molar-refractivity contribution >= 4 is 23.2 Å². The molecule has 0 aliphatic carbocycles. The van der Waals surface area contributed by atoms with Crippen LogP contribution in [0.1, 0.15) is 23.0 Å². The lowest BCUT2D eigenvalue weighted by molar-refractivity contribution is 0.0951. The topological polar surface area (TPSA) is 59.0 Å². The molecule has 0 atom stereocenters. The molecule has 20 heavy (non-hydrogen) atoms. The molecule has 1 heterocycles. The Morgan fingerprint density at radius 1 is 1.40 bits per heavy atom. The zero-order chi connectivity index (χ0) is 14.5. The van der Waals surface area contributed by atoms with Gasteiger partial charge < -0.3 is 10.6 Å². The van der Waals surface area contributed by atoms with Gasteiger partial charge in [0.25, 0.3) is 5.91 Å². The number of anilines is 1. The highest BCUT2D eigenvalue weighted by Crippen LogP contribution is 2.20. The summed E-state index contributed by atoms with van der Waals surface area (Å²) in [7, 11) is 1.84. The van der Waals surface area contributed by atoms with E-state index in [1.54, 1.807) is 16.8 Å². The van der Waals surface area contributed by atoms with E-state index in [4.69, 9.17) is 11.6 Å². The van der Waals surface area contributed by atoms with E-state index in [1.165, 1.54) is 0 Å². The third kappa shape index (κ3) is 3.51. The molecule has 1 amide bonds. The van der Waals surface area contributed by atoms with E-state index in [9.17, 15) is 4.79 Å². The van der Waals surface area contributed by atoms with Crippen molar-refractivity contribution in [1.82, 2.24) is 15.1 Å². The first kappa shape index (κ1) is 14.4. The normalized spacial score (nSPS) is 10.3. The molecule has 0 saturated carbocycles. The summed E-state index contributed by atoms with van der Waals surface area (Å²) in [5.41, 5.74) is 2.12. The van der Waals surface area contributed by atoms with Crippen molar-refractivity contribution in [3.63, 3.8) is 0 Å². The minimum atomic E-state index is -0.172. The molecule has 0 radical (unpaired) electrons. The Morgan fingerprint density at radius 2 is 2.20 bits per heavy atom. The maximum atomic E-state index is 12.2. The SMILES string of the molecule is CCNc1ccc(Cl)cc1C(=O)NCc1ccn(C)n1. The Bertz CT molecular complexity index is 609. The fourth-order valence-electron chi connectivity index (χ4n) is 1.87. The summed E-state index contributed by atoms with van der Waals surface area (Å²) in [5.74, 6) is -0.172. The number of aryl methyl sites for hydroxylation is 1. The minimum Gasteiger partial charge on any atom is -0.385 e. The van der Waals surface area contributed by atoms with Crippen molar-refractivity contribution in [2.24, 2.45) is 7.05 Å². The van der Waals surface area contributed by atoms with Gasteiger partial charge in [-0.3, -0.25) is 9.48 Å². The molecule has 0 aliphatic rings. The van der Waals surface area contributed by atoms with Gasteiger partial charge in [-0.1, -0.05) is 11.6 Å². The molecule has 1 aromatic carbocycles. The van der Waals surface area contributed by atoms with Crippen LogP contribution in [0, 0.1) is 0 Å². The van der Waals surface area contributed by atoms with E-state index in [2.05, 4.69) is 15.7 Å². The van der Waals surface area contributed by atoms with Crippen LogP contribution in [0.5, 0.6) is 0 Å². The minimum absolute atomic E-state index is 0.172. The van der Waals surface area contributed by atoms with Crippen molar-refractivity contribution in [1.29, 1.82) is 0 Å². The van der Waals surface area contributed by atoms with E-state index in [-0.39, 0.29) is 5.91 Å². The molecule has 5 nitrogen and oxygen atoms in total. The maximum Gasteiger partial charge on any atom is 0.253 e. The summed E-state index contributed by atoms with van der Waals surface area (Å²) in [4.78, 5) is 12.2. The highest BCUT2D eigenvalue weighted by Gasteiger charge is 2.12. The first-order chi connectivity index (χ1) is 9.60. The van der Waals surface area contributed by atoms with Crippen molar-refractivity contribution in [2.45, 2.75) is 13.5 Å². The highest BCUT2D eigenvalue weighted by atomic mass is 35.5. The van der Waals surface area contributed by atoms with Gasteiger partial charge in [0.05, 0.1) is 17.8 Å². The van der Waals surface area contributed by atoms with E-state index in [0.717, 1.165) is 17.9 Å². The number of aromatic nitrogens is 2. The van der Waals surface area contributed by atoms with Gasteiger partial charge in [-0.25, -0.2) is 0 Å². The van der Waals surface area contributed by atoms with Crippen molar-refractivity contribution < 1.29 is 4.79 Å². The standard InChI is InChI=1S/C14H17ClN4O/c1-3-16-13-5-4-10(15)8-12(13)14(20)17-9-11-6-7-19(2)18-11/h4-8,16H,3,9H2,1-2H3,(H,17,20). The van der Waals surface area contributed by atoms with Crippen LogP contribution in [0.3, 0.4) is 0 Å². The molecule has 6 heteroatoms. The van der Waals surface area contributed by atoms with Crippen LogP contribution in [0.2, 0.25) is 5.02 Å². The van der Waals surface area contributed by atoms with Crippen LogP contribution < -0.4 is 10.6 Å². The van der Waals surface area contributed by atoms with Gasteiger partial charge in [0.2, 0.25) is 0 Å². The molecule has 0 unspecified atom stereocenters. The monoisotopic (exact) mass is 292 g/mol. The average Bonchev–Trinajstić information content (AvgIpc) is 2.84. The second-order valence-corrected chi connectivity index (χ2v) is 4.82. The van der Waals surface area contributed by atoms with Crippen LogP contribution in [-0.4, -0.2) is 22.2 Å². The van der Waals surface area contributed by atoms with Gasteiger partial charge in [-0.05, 0) is 31.2 Å². The molecular weight excluding hydrogens is 276 g/mol. The smallest absolute Gasteiger partial charge is 0.253 e. The Hall–Kier alpha value is -2.01. The maximum absolute atomic E-state index is 12.2. The Kier molecular flexibility index (Phi) is 4.63. The van der Waals surface area contributed by atoms with Gasteiger partial charge in [0.1, 0.15) is 0 Å². The molecule has 1 aromatic heterocycles. The molecular formula is C14H17ClN4O. The number of amides is 1. The van der Waals surface area contributed by atoms with Crippen LogP contribution in [0.25, 0.3) is 0 Å². The summed E-state index contributed by atoms with van der Waals surface area (Å²) in [5, 5.41) is 10.7. The Morgan fingerprint density at radius 3 is 2.85 bits per heavy atom. The molecule has 106 valence electrons. The summed E-state index contributed by atoms with van der Waals surface area (Å²) in [6, 6.07) is 7.09. The predicted octanol–water partition coefficient (Wildman–Crippen LogP) is 2.44. The Balaban J connectivity index is 2.09. The van der Waals surface area contributed by atoms with E-state index in [0.29, 0.717) is 17.1 Å². The van der Waals surface area contributed by atoms with Crippen molar-refractivity contribution in [2.75, 3.05) is 11.9 Å². The molecule has 0 spiro atoms. The number of nitrogens with zero attached hydrogens (tertiary/aromatic N) is 2. The number of rotatable bonds is 5. The molecule has 0 aliphatic heterocycles. The quantitative estimate of drug-likeness (QED) is 0.890. The fraction of sp³-hybridized carbons (Fsp3) is 0.286. The third-order valence-corrected chi connectivity index (χ3v) is 3.03.